The number of fused-ring (bicyclic) bond motifs is 2. The van der Waals surface area contributed by atoms with Crippen molar-refractivity contribution in [1.29, 1.82) is 0 Å². The lowest BCUT2D eigenvalue weighted by molar-refractivity contribution is 0.415. The number of methoxy groups -OCH3 is 1. The van der Waals surface area contributed by atoms with Gasteiger partial charge >= 0.3 is 0 Å². The maximum Gasteiger partial charge on any atom is 0.199 e. The molecule has 6 heteroatoms. The van der Waals surface area contributed by atoms with E-state index in [0.717, 1.165) is 39.4 Å². The number of nitrogens with zero attached hydrogens (tertiary/aromatic N) is 4. The average Bonchev–Trinajstić information content (AvgIpc) is 3.12. The molecule has 2 aromatic heterocycles. The highest BCUT2D eigenvalue weighted by Gasteiger charge is 2.18. The Hall–Kier alpha value is -3.44. The zero-order valence-corrected chi connectivity index (χ0v) is 16.7. The van der Waals surface area contributed by atoms with Gasteiger partial charge in [0, 0.05) is 10.6 Å². The average molecular weight is 401 g/mol. The van der Waals surface area contributed by atoms with E-state index < -0.39 is 0 Å². The largest absolute Gasteiger partial charge is 0.497 e. The van der Waals surface area contributed by atoms with E-state index in [-0.39, 0.29) is 0 Å². The quantitative estimate of drug-likeness (QED) is 0.395. The van der Waals surface area contributed by atoms with Crippen LogP contribution in [0.4, 0.5) is 0 Å². The van der Waals surface area contributed by atoms with Crippen LogP contribution in [0, 0.1) is 6.92 Å². The monoisotopic (exact) mass is 400 g/mol. The molecule has 0 N–H and O–H groups in total. The first kappa shape index (κ1) is 17.6. The highest BCUT2D eigenvalue weighted by atomic mass is 35.5. The molecule has 0 bridgehead atoms. The van der Waals surface area contributed by atoms with Gasteiger partial charge in [0.1, 0.15) is 11.6 Å². The molecule has 0 amide bonds. The van der Waals surface area contributed by atoms with E-state index >= 15 is 0 Å². The second-order valence-electron chi connectivity index (χ2n) is 6.79. The summed E-state index contributed by atoms with van der Waals surface area (Å²) in [5.41, 5.74) is 5.75. The van der Waals surface area contributed by atoms with Crippen molar-refractivity contribution in [3.05, 3.63) is 77.3 Å². The van der Waals surface area contributed by atoms with Gasteiger partial charge < -0.3 is 4.74 Å². The van der Waals surface area contributed by atoms with Gasteiger partial charge in [-0.2, -0.15) is 0 Å². The summed E-state index contributed by atoms with van der Waals surface area (Å²) >= 11 is 6.43. The van der Waals surface area contributed by atoms with Crippen LogP contribution in [0.5, 0.6) is 5.75 Å². The number of aryl methyl sites for hydroxylation is 1. The van der Waals surface area contributed by atoms with Crippen molar-refractivity contribution in [2.75, 3.05) is 7.11 Å². The summed E-state index contributed by atoms with van der Waals surface area (Å²) in [4.78, 5) is 14.4. The standard InChI is InChI=1S/C23H17ClN4O/c1-14-7-10-16(13-18(14)24)28-22(15-8-11-17(29-2)12-9-15)27-21-23(28)26-20-6-4-3-5-19(20)25-21/h3-13H,1-2H3. The minimum absolute atomic E-state index is 0.589. The molecule has 3 aromatic carbocycles. The van der Waals surface area contributed by atoms with Gasteiger partial charge in [-0.1, -0.05) is 29.8 Å². The number of imidazole rings is 1. The summed E-state index contributed by atoms with van der Waals surface area (Å²) in [7, 11) is 1.65. The minimum atomic E-state index is 0.589. The maximum atomic E-state index is 6.43. The first-order valence-corrected chi connectivity index (χ1v) is 9.58. The number of benzene rings is 3. The fourth-order valence-corrected chi connectivity index (χ4v) is 3.53. The number of ether oxygens (including phenoxy) is 1. The summed E-state index contributed by atoms with van der Waals surface area (Å²) in [6, 6.07) is 21.5. The Kier molecular flexibility index (Phi) is 4.18. The van der Waals surface area contributed by atoms with Crippen molar-refractivity contribution in [3.8, 4) is 22.8 Å². The summed E-state index contributed by atoms with van der Waals surface area (Å²) < 4.78 is 7.29. The lowest BCUT2D eigenvalue weighted by Gasteiger charge is -2.11. The van der Waals surface area contributed by atoms with Crippen molar-refractivity contribution in [1.82, 2.24) is 19.5 Å². The molecule has 0 unspecified atom stereocenters. The van der Waals surface area contributed by atoms with Gasteiger partial charge in [0.15, 0.2) is 11.3 Å². The van der Waals surface area contributed by atoms with Crippen LogP contribution in [0.1, 0.15) is 5.56 Å². The van der Waals surface area contributed by atoms with Gasteiger partial charge in [-0.25, -0.2) is 15.0 Å². The van der Waals surface area contributed by atoms with Gasteiger partial charge in [0.2, 0.25) is 0 Å². The molecule has 0 saturated heterocycles. The van der Waals surface area contributed by atoms with Crippen LogP contribution in [0.15, 0.2) is 66.7 Å². The Balaban J connectivity index is 1.84. The molecule has 29 heavy (non-hydrogen) atoms. The van der Waals surface area contributed by atoms with E-state index in [1.165, 1.54) is 0 Å². The lowest BCUT2D eigenvalue weighted by atomic mass is 10.2. The maximum absolute atomic E-state index is 6.43. The molecule has 0 spiro atoms. The first-order chi connectivity index (χ1) is 14.1. The molecule has 0 aliphatic carbocycles. The third-order valence-electron chi connectivity index (χ3n) is 4.93. The van der Waals surface area contributed by atoms with Crippen molar-refractivity contribution in [2.45, 2.75) is 6.92 Å². The molecule has 0 fully saturated rings. The molecular weight excluding hydrogens is 384 g/mol. The first-order valence-electron chi connectivity index (χ1n) is 9.20. The van der Waals surface area contributed by atoms with E-state index in [2.05, 4.69) is 0 Å². The third kappa shape index (κ3) is 3.00. The molecule has 142 valence electrons. The molecule has 5 aromatic rings. The smallest absolute Gasteiger partial charge is 0.199 e. The molecule has 5 rings (SSSR count). The highest BCUT2D eigenvalue weighted by molar-refractivity contribution is 6.31. The number of halogens is 1. The van der Waals surface area contributed by atoms with Gasteiger partial charge in [0.05, 0.1) is 23.8 Å². The van der Waals surface area contributed by atoms with Crippen LogP contribution in [-0.4, -0.2) is 26.6 Å². The van der Waals surface area contributed by atoms with Crippen molar-refractivity contribution in [3.63, 3.8) is 0 Å². The molecule has 5 nitrogen and oxygen atoms in total. The van der Waals surface area contributed by atoms with E-state index in [4.69, 9.17) is 31.3 Å². The number of para-hydroxylation sites is 2. The normalized spacial score (nSPS) is 11.3. The minimum Gasteiger partial charge on any atom is -0.497 e. The summed E-state index contributed by atoms with van der Waals surface area (Å²) in [5.74, 6) is 1.54. The predicted octanol–water partition coefficient (Wildman–Crippen LogP) is 5.61. The summed E-state index contributed by atoms with van der Waals surface area (Å²) in [6.45, 7) is 1.98. The molecular formula is C23H17ClN4O. The Morgan fingerprint density at radius 1 is 0.862 bits per heavy atom. The fourth-order valence-electron chi connectivity index (χ4n) is 3.36. The summed E-state index contributed by atoms with van der Waals surface area (Å²) in [6.07, 6.45) is 0. The van der Waals surface area contributed by atoms with E-state index in [1.54, 1.807) is 7.11 Å². The number of aromatic nitrogens is 4. The molecule has 0 radical (unpaired) electrons. The van der Waals surface area contributed by atoms with Gasteiger partial charge in [-0.3, -0.25) is 4.57 Å². The Morgan fingerprint density at radius 2 is 1.59 bits per heavy atom. The van der Waals surface area contributed by atoms with Crippen LogP contribution in [0.3, 0.4) is 0 Å². The van der Waals surface area contributed by atoms with Crippen LogP contribution in [0.2, 0.25) is 5.02 Å². The van der Waals surface area contributed by atoms with Crippen molar-refractivity contribution >= 4 is 33.9 Å². The molecule has 0 aliphatic heterocycles. The lowest BCUT2D eigenvalue weighted by Crippen LogP contribution is -2.00. The highest BCUT2D eigenvalue weighted by Crippen LogP contribution is 2.31. The zero-order chi connectivity index (χ0) is 20.0. The predicted molar refractivity (Wildman–Crippen MR) is 116 cm³/mol. The third-order valence-corrected chi connectivity index (χ3v) is 5.34. The Bertz CT molecular complexity index is 1360. The second-order valence-corrected chi connectivity index (χ2v) is 7.20. The van der Waals surface area contributed by atoms with E-state index in [0.29, 0.717) is 16.3 Å². The second kappa shape index (κ2) is 6.87. The van der Waals surface area contributed by atoms with Crippen LogP contribution in [0.25, 0.3) is 39.4 Å². The van der Waals surface area contributed by atoms with Gasteiger partial charge in [0.25, 0.3) is 0 Å². The van der Waals surface area contributed by atoms with Crippen LogP contribution in [-0.2, 0) is 0 Å². The van der Waals surface area contributed by atoms with Crippen LogP contribution < -0.4 is 4.74 Å². The molecule has 0 aliphatic rings. The zero-order valence-electron chi connectivity index (χ0n) is 15.9. The topological polar surface area (TPSA) is 52.8 Å². The van der Waals surface area contributed by atoms with Gasteiger partial charge in [-0.15, -0.1) is 0 Å². The molecule has 2 heterocycles. The Labute approximate surface area is 172 Å². The molecule has 0 atom stereocenters. The van der Waals surface area contributed by atoms with Crippen LogP contribution >= 0.6 is 11.6 Å². The van der Waals surface area contributed by atoms with E-state index in [9.17, 15) is 0 Å². The number of hydrogen-bond acceptors (Lipinski definition) is 4. The SMILES string of the molecule is COc1ccc(-c2nc3nc4ccccc4nc3n2-c2ccc(C)c(Cl)c2)cc1. The van der Waals surface area contributed by atoms with Crippen molar-refractivity contribution < 1.29 is 4.74 Å². The number of hydrogen-bond donors (Lipinski definition) is 0. The van der Waals surface area contributed by atoms with Crippen molar-refractivity contribution in [2.24, 2.45) is 0 Å². The van der Waals surface area contributed by atoms with Gasteiger partial charge in [-0.05, 0) is 61.0 Å². The number of rotatable bonds is 3. The fraction of sp³-hybridized carbons (Fsp3) is 0.0870. The summed E-state index contributed by atoms with van der Waals surface area (Å²) in [5, 5.41) is 0.693. The van der Waals surface area contributed by atoms with E-state index in [1.807, 2.05) is 78.2 Å². The Morgan fingerprint density at radius 3 is 2.28 bits per heavy atom. The molecule has 0 saturated carbocycles.